The maximum Gasteiger partial charge on any atom is 0.138 e. The van der Waals surface area contributed by atoms with Gasteiger partial charge in [0.05, 0.1) is 12.0 Å². The molecular weight excluding hydrogens is 310 g/mol. The molecule has 0 N–H and O–H groups in total. The average Bonchev–Trinajstić information content (AvgIpc) is 2.84. The van der Waals surface area contributed by atoms with Gasteiger partial charge in [-0.05, 0) is 18.2 Å². The van der Waals surface area contributed by atoms with Crippen LogP contribution in [-0.2, 0) is 4.79 Å². The molecule has 0 spiro atoms. The number of thioether (sulfide) groups is 2. The Morgan fingerprint density at radius 2 is 2.15 bits per heavy atom. The summed E-state index contributed by atoms with van der Waals surface area (Å²) in [6, 6.07) is 7.51. The minimum atomic E-state index is -1.05. The maximum absolute atomic E-state index is 11.3. The van der Waals surface area contributed by atoms with Crippen LogP contribution in [0.2, 0.25) is 0 Å². The number of aliphatic carboxylic acids is 1. The number of hydrogen-bond acceptors (Lipinski definition) is 5. The lowest BCUT2D eigenvalue weighted by Crippen LogP contribution is -2.47. The number of carboxylic acids is 1. The fourth-order valence-corrected chi connectivity index (χ4v) is 4.87. The van der Waals surface area contributed by atoms with E-state index in [9.17, 15) is 9.90 Å². The summed E-state index contributed by atoms with van der Waals surface area (Å²) in [5, 5.41) is 11.3. The van der Waals surface area contributed by atoms with Crippen molar-refractivity contribution in [2.24, 2.45) is 0 Å². The fourth-order valence-electron chi connectivity index (χ4n) is 2.10. The van der Waals surface area contributed by atoms with Gasteiger partial charge in [-0.15, -0.1) is 11.8 Å². The second-order valence-corrected chi connectivity index (χ2v) is 7.55. The molecule has 1 saturated heterocycles. The molecule has 20 heavy (non-hydrogen) atoms. The van der Waals surface area contributed by atoms with E-state index in [1.807, 2.05) is 43.0 Å². The molecule has 1 aliphatic rings. The number of benzene rings is 1. The number of aryl methyl sites for hydroxylation is 1. The molecule has 0 aromatic heterocycles. The third-order valence-corrected chi connectivity index (χ3v) is 5.75. The molecule has 2 rings (SSSR count). The van der Waals surface area contributed by atoms with Gasteiger partial charge in [-0.2, -0.15) is 0 Å². The lowest BCUT2D eigenvalue weighted by atomic mass is 10.1. The third kappa shape index (κ3) is 3.30. The summed E-state index contributed by atoms with van der Waals surface area (Å²) < 4.78 is 0.636. The summed E-state index contributed by atoms with van der Waals surface area (Å²) in [5.74, 6) is 0.289. The van der Waals surface area contributed by atoms with Crippen LogP contribution in [0.3, 0.4) is 0 Å². The van der Waals surface area contributed by atoms with Gasteiger partial charge in [-0.3, -0.25) is 0 Å². The first-order chi connectivity index (χ1) is 9.54. The van der Waals surface area contributed by atoms with Crippen molar-refractivity contribution in [1.82, 2.24) is 4.90 Å². The number of nitrogens with zero attached hydrogens (tertiary/aromatic N) is 1. The summed E-state index contributed by atoms with van der Waals surface area (Å²) in [7, 11) is 0. The van der Waals surface area contributed by atoms with Crippen molar-refractivity contribution in [2.75, 3.05) is 11.5 Å². The van der Waals surface area contributed by atoms with Crippen LogP contribution in [0.4, 0.5) is 0 Å². The number of thiocarbonyl (C=S) groups is 1. The molecule has 1 fully saturated rings. The Balaban J connectivity index is 2.29. The van der Waals surface area contributed by atoms with Gasteiger partial charge in [0.25, 0.3) is 0 Å². The number of hydrogen-bond donors (Lipinski definition) is 0. The molecule has 2 atom stereocenters. The van der Waals surface area contributed by atoms with E-state index < -0.39 is 12.0 Å². The van der Waals surface area contributed by atoms with Crippen molar-refractivity contribution >= 4 is 46.0 Å². The predicted molar refractivity (Wildman–Crippen MR) is 87.7 cm³/mol. The smallest absolute Gasteiger partial charge is 0.138 e. The Hall–Kier alpha value is -0.720. The molecule has 0 amide bonds. The van der Waals surface area contributed by atoms with Crippen LogP contribution in [-0.4, -0.2) is 32.7 Å². The molecule has 1 heterocycles. The maximum atomic E-state index is 11.3. The van der Waals surface area contributed by atoms with Gasteiger partial charge < -0.3 is 14.8 Å². The zero-order valence-electron chi connectivity index (χ0n) is 11.4. The van der Waals surface area contributed by atoms with Crippen molar-refractivity contribution in [3.05, 3.63) is 35.4 Å². The SMILES string of the molecule is CCSC(=S)N1[C@H](C(=O)[O-])CS[C@H]1c1ccc(C)cc1. The van der Waals surface area contributed by atoms with E-state index in [4.69, 9.17) is 12.2 Å². The van der Waals surface area contributed by atoms with Crippen molar-refractivity contribution in [3.63, 3.8) is 0 Å². The zero-order chi connectivity index (χ0) is 14.7. The Bertz CT molecular complexity index is 504. The average molecular weight is 326 g/mol. The summed E-state index contributed by atoms with van der Waals surface area (Å²) in [6.45, 7) is 4.04. The van der Waals surface area contributed by atoms with Crippen molar-refractivity contribution in [3.8, 4) is 0 Å². The van der Waals surface area contributed by atoms with Gasteiger partial charge in [-0.25, -0.2) is 0 Å². The monoisotopic (exact) mass is 326 g/mol. The van der Waals surface area contributed by atoms with E-state index >= 15 is 0 Å². The van der Waals surface area contributed by atoms with Gasteiger partial charge in [0.15, 0.2) is 0 Å². The van der Waals surface area contributed by atoms with Crippen LogP contribution in [0.25, 0.3) is 0 Å². The molecule has 0 aliphatic carbocycles. The highest BCUT2D eigenvalue weighted by Crippen LogP contribution is 2.42. The normalized spacial score (nSPS) is 22.0. The highest BCUT2D eigenvalue weighted by atomic mass is 32.2. The first-order valence-corrected chi connectivity index (χ1v) is 8.83. The molecule has 1 aromatic rings. The molecule has 108 valence electrons. The molecular formula is C14H16NO2S3-. The van der Waals surface area contributed by atoms with E-state index in [1.54, 1.807) is 11.8 Å². The molecule has 6 heteroatoms. The van der Waals surface area contributed by atoms with E-state index in [-0.39, 0.29) is 5.37 Å². The Kier molecular flexibility index (Phi) is 5.35. The van der Waals surface area contributed by atoms with E-state index in [0.29, 0.717) is 10.1 Å². The van der Waals surface area contributed by atoms with Crippen LogP contribution in [0.1, 0.15) is 23.4 Å². The van der Waals surface area contributed by atoms with Gasteiger partial charge in [-0.1, -0.05) is 60.7 Å². The van der Waals surface area contributed by atoms with Crippen LogP contribution < -0.4 is 5.11 Å². The van der Waals surface area contributed by atoms with Crippen molar-refractivity contribution in [1.29, 1.82) is 0 Å². The molecule has 0 bridgehead atoms. The van der Waals surface area contributed by atoms with Crippen molar-refractivity contribution in [2.45, 2.75) is 25.3 Å². The highest BCUT2D eigenvalue weighted by molar-refractivity contribution is 8.23. The quantitative estimate of drug-likeness (QED) is 0.794. The Morgan fingerprint density at radius 1 is 1.50 bits per heavy atom. The minimum Gasteiger partial charge on any atom is -0.548 e. The molecule has 1 aromatic carbocycles. The summed E-state index contributed by atoms with van der Waals surface area (Å²) in [5.41, 5.74) is 2.27. The minimum absolute atomic E-state index is 0.0370. The summed E-state index contributed by atoms with van der Waals surface area (Å²) in [4.78, 5) is 13.1. The first-order valence-electron chi connectivity index (χ1n) is 6.38. The van der Waals surface area contributed by atoms with Crippen LogP contribution in [0.15, 0.2) is 24.3 Å². The second kappa shape index (κ2) is 6.83. The number of carbonyl (C=O) groups is 1. The topological polar surface area (TPSA) is 43.4 Å². The molecule has 0 radical (unpaired) electrons. The summed E-state index contributed by atoms with van der Waals surface area (Å²) >= 11 is 8.51. The zero-order valence-corrected chi connectivity index (χ0v) is 13.8. The van der Waals surface area contributed by atoms with Crippen LogP contribution in [0, 0.1) is 6.92 Å². The Morgan fingerprint density at radius 3 is 2.70 bits per heavy atom. The predicted octanol–water partition coefficient (Wildman–Crippen LogP) is 2.20. The standard InChI is InChI=1S/C14H17NO2S3/c1-3-19-14(18)15-11(13(16)17)8-20-12(15)10-6-4-9(2)5-7-10/h4-7,11-12H,3,8H2,1-2H3,(H,16,17)/p-1/t11-,12-/m0/s1. The molecule has 1 aliphatic heterocycles. The van der Waals surface area contributed by atoms with E-state index in [0.717, 1.165) is 11.3 Å². The lowest BCUT2D eigenvalue weighted by molar-refractivity contribution is -0.309. The molecule has 0 unspecified atom stereocenters. The lowest BCUT2D eigenvalue weighted by Gasteiger charge is -2.31. The summed E-state index contributed by atoms with van der Waals surface area (Å²) in [6.07, 6.45) is 0. The van der Waals surface area contributed by atoms with Crippen LogP contribution in [0.5, 0.6) is 0 Å². The van der Waals surface area contributed by atoms with Crippen LogP contribution >= 0.6 is 35.7 Å². The van der Waals surface area contributed by atoms with E-state index in [1.165, 1.54) is 17.3 Å². The largest absolute Gasteiger partial charge is 0.548 e. The molecule has 0 saturated carbocycles. The Labute approximate surface area is 133 Å². The van der Waals surface area contributed by atoms with Crippen molar-refractivity contribution < 1.29 is 9.90 Å². The highest BCUT2D eigenvalue weighted by Gasteiger charge is 2.37. The third-order valence-electron chi connectivity index (χ3n) is 3.11. The number of carbonyl (C=O) groups excluding carboxylic acids is 1. The van der Waals surface area contributed by atoms with Gasteiger partial charge in [0, 0.05) is 5.75 Å². The van der Waals surface area contributed by atoms with Gasteiger partial charge >= 0.3 is 0 Å². The fraction of sp³-hybridized carbons (Fsp3) is 0.429. The number of carboxylic acid groups (broad SMARTS) is 1. The van der Waals surface area contributed by atoms with Gasteiger partial charge in [0.1, 0.15) is 9.69 Å². The molecule has 3 nitrogen and oxygen atoms in total. The first kappa shape index (κ1) is 15.7. The second-order valence-electron chi connectivity index (χ2n) is 4.54. The van der Waals surface area contributed by atoms with Gasteiger partial charge in [0.2, 0.25) is 0 Å². The van der Waals surface area contributed by atoms with E-state index in [2.05, 4.69) is 0 Å². The number of rotatable bonds is 3.